The second kappa shape index (κ2) is 9.15. The summed E-state index contributed by atoms with van der Waals surface area (Å²) in [5.74, 6) is -0.144. The van der Waals surface area contributed by atoms with Crippen molar-refractivity contribution in [2.75, 3.05) is 24.5 Å². The third-order valence-corrected chi connectivity index (χ3v) is 5.87. The third kappa shape index (κ3) is 4.57. The van der Waals surface area contributed by atoms with Crippen molar-refractivity contribution in [1.82, 2.24) is 10.6 Å². The molecule has 0 saturated carbocycles. The predicted octanol–water partition coefficient (Wildman–Crippen LogP) is 3.27. The summed E-state index contributed by atoms with van der Waals surface area (Å²) in [5, 5.41) is 8.26. The van der Waals surface area contributed by atoms with E-state index in [2.05, 4.69) is 10.6 Å². The van der Waals surface area contributed by atoms with Crippen LogP contribution in [0, 0.1) is 12.8 Å². The smallest absolute Gasteiger partial charge is 0.227 e. The van der Waals surface area contributed by atoms with Gasteiger partial charge < -0.3 is 15.5 Å². The molecule has 0 bridgehead atoms. The standard InChI is InChI=1S/C21H27N3O2S/c1-3-22-12-13-23-21(26)17-10-11-19(25)24(16-8-6-15(2)7-9-16)20(17)18-5-4-14-27-18/h4-9,14,17,20,22H,3,10-13H2,1-2H3,(H,23,26). The predicted molar refractivity (Wildman–Crippen MR) is 110 cm³/mol. The molecule has 2 amide bonds. The molecule has 2 atom stereocenters. The van der Waals surface area contributed by atoms with Crippen LogP contribution in [0.15, 0.2) is 41.8 Å². The highest BCUT2D eigenvalue weighted by Crippen LogP contribution is 2.41. The molecule has 0 spiro atoms. The number of piperidine rings is 1. The second-order valence-corrected chi connectivity index (χ2v) is 7.83. The molecule has 144 valence electrons. The summed E-state index contributed by atoms with van der Waals surface area (Å²) in [6.07, 6.45) is 0.970. The molecule has 2 N–H and O–H groups in total. The lowest BCUT2D eigenvalue weighted by atomic mass is 9.86. The summed E-state index contributed by atoms with van der Waals surface area (Å²) in [6.45, 7) is 6.30. The first kappa shape index (κ1) is 19.6. The molecule has 2 aromatic rings. The zero-order valence-corrected chi connectivity index (χ0v) is 16.7. The zero-order valence-electron chi connectivity index (χ0n) is 15.9. The van der Waals surface area contributed by atoms with E-state index in [1.54, 1.807) is 11.3 Å². The van der Waals surface area contributed by atoms with E-state index in [4.69, 9.17) is 0 Å². The Morgan fingerprint density at radius 2 is 2.00 bits per heavy atom. The van der Waals surface area contributed by atoms with Crippen LogP contribution in [-0.4, -0.2) is 31.4 Å². The minimum atomic E-state index is -0.256. The Kier molecular flexibility index (Phi) is 6.63. The van der Waals surface area contributed by atoms with Crippen molar-refractivity contribution >= 4 is 28.8 Å². The Balaban J connectivity index is 1.88. The van der Waals surface area contributed by atoms with Crippen molar-refractivity contribution in [3.8, 4) is 0 Å². The van der Waals surface area contributed by atoms with E-state index >= 15 is 0 Å². The molecular weight excluding hydrogens is 358 g/mol. The largest absolute Gasteiger partial charge is 0.355 e. The maximum Gasteiger partial charge on any atom is 0.227 e. The van der Waals surface area contributed by atoms with E-state index < -0.39 is 0 Å². The molecule has 5 nitrogen and oxygen atoms in total. The summed E-state index contributed by atoms with van der Waals surface area (Å²) in [7, 11) is 0. The molecule has 1 aromatic carbocycles. The van der Waals surface area contributed by atoms with Crippen LogP contribution >= 0.6 is 11.3 Å². The first-order valence-electron chi connectivity index (χ1n) is 9.52. The van der Waals surface area contributed by atoms with Gasteiger partial charge >= 0.3 is 0 Å². The van der Waals surface area contributed by atoms with Crippen LogP contribution in [-0.2, 0) is 9.59 Å². The lowest BCUT2D eigenvalue weighted by molar-refractivity contribution is -0.129. The number of thiophene rings is 1. The molecule has 6 heteroatoms. The monoisotopic (exact) mass is 385 g/mol. The summed E-state index contributed by atoms with van der Waals surface area (Å²) >= 11 is 1.60. The molecule has 0 radical (unpaired) electrons. The molecule has 1 aliphatic heterocycles. The van der Waals surface area contributed by atoms with Crippen molar-refractivity contribution in [2.45, 2.75) is 32.7 Å². The summed E-state index contributed by atoms with van der Waals surface area (Å²) in [5.41, 5.74) is 2.00. The molecule has 2 heterocycles. The van der Waals surface area contributed by atoms with Crippen LogP contribution in [0.25, 0.3) is 0 Å². The van der Waals surface area contributed by atoms with E-state index in [9.17, 15) is 9.59 Å². The number of carbonyl (C=O) groups excluding carboxylic acids is 2. The van der Waals surface area contributed by atoms with Crippen LogP contribution in [0.5, 0.6) is 0 Å². The van der Waals surface area contributed by atoms with E-state index in [0.717, 1.165) is 29.2 Å². The highest BCUT2D eigenvalue weighted by molar-refractivity contribution is 7.10. The normalized spacial score (nSPS) is 19.9. The lowest BCUT2D eigenvalue weighted by Crippen LogP contribution is -2.48. The first-order valence-corrected chi connectivity index (χ1v) is 10.4. The van der Waals surface area contributed by atoms with Crippen molar-refractivity contribution in [3.05, 3.63) is 52.2 Å². The second-order valence-electron chi connectivity index (χ2n) is 6.85. The number of benzene rings is 1. The first-order chi connectivity index (χ1) is 13.1. The summed E-state index contributed by atoms with van der Waals surface area (Å²) < 4.78 is 0. The van der Waals surface area contributed by atoms with Gasteiger partial charge in [-0.25, -0.2) is 0 Å². The average molecular weight is 386 g/mol. The molecule has 0 aliphatic carbocycles. The van der Waals surface area contributed by atoms with Gasteiger partial charge in [-0.3, -0.25) is 9.59 Å². The zero-order chi connectivity index (χ0) is 19.2. The Labute approximate surface area is 164 Å². The molecule has 3 rings (SSSR count). The van der Waals surface area contributed by atoms with Gasteiger partial charge in [0.1, 0.15) is 0 Å². The minimum absolute atomic E-state index is 0.0240. The van der Waals surface area contributed by atoms with E-state index in [1.165, 1.54) is 0 Å². The number of nitrogens with one attached hydrogen (secondary N) is 2. The third-order valence-electron chi connectivity index (χ3n) is 4.93. The average Bonchev–Trinajstić information content (AvgIpc) is 3.20. The number of hydrogen-bond donors (Lipinski definition) is 2. The van der Waals surface area contributed by atoms with Gasteiger partial charge in [0.15, 0.2) is 0 Å². The van der Waals surface area contributed by atoms with E-state index in [-0.39, 0.29) is 23.8 Å². The SMILES string of the molecule is CCNCCNC(=O)C1CCC(=O)N(c2ccc(C)cc2)C1c1cccs1. The van der Waals surface area contributed by atoms with Crippen molar-refractivity contribution in [1.29, 1.82) is 0 Å². The quantitative estimate of drug-likeness (QED) is 0.719. The number of carbonyl (C=O) groups is 2. The molecule has 1 fully saturated rings. The lowest BCUT2D eigenvalue weighted by Gasteiger charge is -2.40. The van der Waals surface area contributed by atoms with Gasteiger partial charge in [0.2, 0.25) is 11.8 Å². The number of aryl methyl sites for hydroxylation is 1. The van der Waals surface area contributed by atoms with Crippen molar-refractivity contribution in [3.63, 3.8) is 0 Å². The Morgan fingerprint density at radius 3 is 2.67 bits per heavy atom. The maximum atomic E-state index is 12.9. The van der Waals surface area contributed by atoms with Gasteiger partial charge in [-0.1, -0.05) is 30.7 Å². The van der Waals surface area contributed by atoms with Crippen LogP contribution in [0.4, 0.5) is 5.69 Å². The van der Waals surface area contributed by atoms with Crippen molar-refractivity contribution < 1.29 is 9.59 Å². The Morgan fingerprint density at radius 1 is 1.22 bits per heavy atom. The molecule has 27 heavy (non-hydrogen) atoms. The number of hydrogen-bond acceptors (Lipinski definition) is 4. The van der Waals surface area contributed by atoms with Gasteiger partial charge in [0.25, 0.3) is 0 Å². The summed E-state index contributed by atoms with van der Waals surface area (Å²) in [4.78, 5) is 28.6. The molecule has 1 saturated heterocycles. The number of amides is 2. The van der Waals surface area contributed by atoms with Gasteiger partial charge in [0, 0.05) is 30.1 Å². The fourth-order valence-corrected chi connectivity index (χ4v) is 4.42. The topological polar surface area (TPSA) is 61.4 Å². The Bertz CT molecular complexity index is 758. The van der Waals surface area contributed by atoms with Gasteiger partial charge in [-0.2, -0.15) is 0 Å². The molecule has 1 aromatic heterocycles. The fraction of sp³-hybridized carbons (Fsp3) is 0.429. The maximum absolute atomic E-state index is 12.9. The van der Waals surface area contributed by atoms with Gasteiger partial charge in [-0.15, -0.1) is 11.3 Å². The number of rotatable bonds is 7. The van der Waals surface area contributed by atoms with Gasteiger partial charge in [-0.05, 0) is 43.5 Å². The molecule has 2 unspecified atom stereocenters. The van der Waals surface area contributed by atoms with Crippen LogP contribution < -0.4 is 15.5 Å². The Hall–Kier alpha value is -2.18. The molecule has 1 aliphatic rings. The fourth-order valence-electron chi connectivity index (χ4n) is 3.54. The van der Waals surface area contributed by atoms with E-state index in [1.807, 2.05) is 60.5 Å². The highest BCUT2D eigenvalue weighted by atomic mass is 32.1. The minimum Gasteiger partial charge on any atom is -0.355 e. The van der Waals surface area contributed by atoms with E-state index in [0.29, 0.717) is 19.4 Å². The van der Waals surface area contributed by atoms with Gasteiger partial charge in [0.05, 0.1) is 12.0 Å². The number of nitrogens with zero attached hydrogens (tertiary/aromatic N) is 1. The number of anilines is 1. The van der Waals surface area contributed by atoms with Crippen LogP contribution in [0.2, 0.25) is 0 Å². The summed E-state index contributed by atoms with van der Waals surface area (Å²) in [6, 6.07) is 11.7. The van der Waals surface area contributed by atoms with Crippen molar-refractivity contribution in [2.24, 2.45) is 5.92 Å². The highest BCUT2D eigenvalue weighted by Gasteiger charge is 2.41. The van der Waals surface area contributed by atoms with Crippen LogP contribution in [0.1, 0.15) is 36.2 Å². The molecular formula is C21H27N3O2S. The van der Waals surface area contributed by atoms with Crippen LogP contribution in [0.3, 0.4) is 0 Å². The number of likely N-dealkylation sites (N-methyl/N-ethyl adjacent to an activating group) is 1.